The van der Waals surface area contributed by atoms with Gasteiger partial charge in [0, 0.05) is 17.3 Å². The Balaban J connectivity index is 1.36. The summed E-state index contributed by atoms with van der Waals surface area (Å²) >= 11 is 6.19. The van der Waals surface area contributed by atoms with Gasteiger partial charge in [0.2, 0.25) is 11.8 Å². The Morgan fingerprint density at radius 2 is 2.03 bits per heavy atom. The summed E-state index contributed by atoms with van der Waals surface area (Å²) < 4.78 is 11.4. The van der Waals surface area contributed by atoms with Crippen LogP contribution in [0, 0.1) is 11.8 Å². The Morgan fingerprint density at radius 1 is 1.27 bits per heavy atom. The number of ether oxygens (including phenoxy) is 2. The van der Waals surface area contributed by atoms with Gasteiger partial charge in [-0.1, -0.05) is 42.0 Å². The molecular weight excluding hydrogens is 404 g/mol. The molecule has 154 valence electrons. The van der Waals surface area contributed by atoms with E-state index in [9.17, 15) is 9.59 Å². The number of rotatable bonds is 5. The van der Waals surface area contributed by atoms with Crippen LogP contribution in [0.4, 0.5) is 5.69 Å². The van der Waals surface area contributed by atoms with Gasteiger partial charge in [-0.25, -0.2) is 0 Å². The highest BCUT2D eigenvalue weighted by Crippen LogP contribution is 2.52. The Bertz CT molecular complexity index is 1040. The van der Waals surface area contributed by atoms with Crippen molar-refractivity contribution in [2.45, 2.75) is 18.2 Å². The number of hydrogen-bond donors (Lipinski definition) is 1. The Labute approximate surface area is 179 Å². The van der Waals surface area contributed by atoms with Crippen LogP contribution in [0.25, 0.3) is 0 Å². The summed E-state index contributed by atoms with van der Waals surface area (Å²) in [5, 5.41) is 3.54. The maximum atomic E-state index is 13.3. The molecule has 7 heteroatoms. The van der Waals surface area contributed by atoms with Crippen LogP contribution >= 0.6 is 11.6 Å². The van der Waals surface area contributed by atoms with E-state index in [4.69, 9.17) is 21.1 Å². The van der Waals surface area contributed by atoms with E-state index in [-0.39, 0.29) is 17.9 Å². The summed E-state index contributed by atoms with van der Waals surface area (Å²) in [6, 6.07) is 14.7. The van der Waals surface area contributed by atoms with E-state index in [1.165, 1.54) is 0 Å². The molecule has 1 N–H and O–H groups in total. The molecular formula is C23H21ClN2O4. The molecule has 2 aromatic rings. The van der Waals surface area contributed by atoms with E-state index >= 15 is 0 Å². The number of anilines is 1. The van der Waals surface area contributed by atoms with E-state index in [1.807, 2.05) is 54.6 Å². The van der Waals surface area contributed by atoms with Gasteiger partial charge in [-0.2, -0.15) is 0 Å². The molecule has 0 unspecified atom stereocenters. The maximum Gasteiger partial charge on any atom is 0.234 e. The SMILES string of the molecule is COc1ccc(N2C[C@@]34C=C[C@@H](O3)[C@H](C(=O)NCc3ccccc3Cl)[C@H]4C2=O)cc1. The number of benzene rings is 2. The van der Waals surface area contributed by atoms with Crippen molar-refractivity contribution in [1.82, 2.24) is 5.32 Å². The second-order valence-corrected chi connectivity index (χ2v) is 8.24. The Morgan fingerprint density at radius 3 is 2.77 bits per heavy atom. The molecule has 5 rings (SSSR count). The van der Waals surface area contributed by atoms with Crippen LogP contribution < -0.4 is 15.0 Å². The quantitative estimate of drug-likeness (QED) is 0.749. The smallest absolute Gasteiger partial charge is 0.234 e. The fraction of sp³-hybridized carbons (Fsp3) is 0.304. The highest BCUT2D eigenvalue weighted by atomic mass is 35.5. The molecule has 2 amide bonds. The van der Waals surface area contributed by atoms with E-state index in [1.54, 1.807) is 18.1 Å². The molecule has 4 atom stereocenters. The first-order valence-electron chi connectivity index (χ1n) is 9.86. The van der Waals surface area contributed by atoms with E-state index in [0.29, 0.717) is 18.1 Å². The number of methoxy groups -OCH3 is 1. The lowest BCUT2D eigenvalue weighted by Gasteiger charge is -2.23. The molecule has 3 aliphatic rings. The summed E-state index contributed by atoms with van der Waals surface area (Å²) in [5.41, 5.74) is 0.841. The number of carbonyl (C=O) groups excluding carboxylic acids is 2. The second-order valence-electron chi connectivity index (χ2n) is 7.83. The zero-order chi connectivity index (χ0) is 20.9. The average molecular weight is 425 g/mol. The van der Waals surface area contributed by atoms with Gasteiger partial charge in [-0.05, 0) is 35.9 Å². The van der Waals surface area contributed by atoms with Gasteiger partial charge in [0.05, 0.1) is 31.6 Å². The maximum absolute atomic E-state index is 13.3. The highest BCUT2D eigenvalue weighted by Gasteiger charge is 2.67. The average Bonchev–Trinajstić information content (AvgIpc) is 3.41. The first-order chi connectivity index (χ1) is 14.5. The zero-order valence-corrected chi connectivity index (χ0v) is 17.1. The lowest BCUT2D eigenvalue weighted by molar-refractivity contribution is -0.132. The fourth-order valence-corrected chi connectivity index (χ4v) is 4.92. The van der Waals surface area contributed by atoms with Crippen LogP contribution in [-0.2, 0) is 20.9 Å². The van der Waals surface area contributed by atoms with Crippen molar-refractivity contribution in [1.29, 1.82) is 0 Å². The normalized spacial score (nSPS) is 28.7. The predicted octanol–water partition coefficient (Wildman–Crippen LogP) is 2.95. The number of fused-ring (bicyclic) bond motifs is 1. The summed E-state index contributed by atoms with van der Waals surface area (Å²) in [6.45, 7) is 0.700. The third kappa shape index (κ3) is 2.90. The monoisotopic (exact) mass is 424 g/mol. The molecule has 2 fully saturated rings. The zero-order valence-electron chi connectivity index (χ0n) is 16.4. The van der Waals surface area contributed by atoms with Crippen LogP contribution in [-0.4, -0.2) is 37.2 Å². The van der Waals surface area contributed by atoms with Crippen LogP contribution in [0.5, 0.6) is 5.75 Å². The molecule has 0 saturated carbocycles. The predicted molar refractivity (Wildman–Crippen MR) is 112 cm³/mol. The number of carbonyl (C=O) groups is 2. The fourth-order valence-electron chi connectivity index (χ4n) is 4.72. The molecule has 2 bridgehead atoms. The minimum absolute atomic E-state index is 0.0927. The topological polar surface area (TPSA) is 67.9 Å². The second kappa shape index (κ2) is 7.15. The number of hydrogen-bond acceptors (Lipinski definition) is 4. The highest BCUT2D eigenvalue weighted by molar-refractivity contribution is 6.31. The van der Waals surface area contributed by atoms with Crippen molar-refractivity contribution in [3.63, 3.8) is 0 Å². The standard InChI is InChI=1S/C23H21ClN2O4/c1-29-16-8-6-15(7-9-16)26-13-23-11-10-18(30-23)19(20(23)22(26)28)21(27)25-12-14-4-2-3-5-17(14)24/h2-11,18-20H,12-13H2,1H3,(H,25,27)/t18-,19+,20+,23-/m1/s1. The van der Waals surface area contributed by atoms with Gasteiger partial charge >= 0.3 is 0 Å². The van der Waals surface area contributed by atoms with Gasteiger partial charge in [0.25, 0.3) is 0 Å². The van der Waals surface area contributed by atoms with Crippen molar-refractivity contribution < 1.29 is 19.1 Å². The molecule has 30 heavy (non-hydrogen) atoms. The summed E-state index contributed by atoms with van der Waals surface area (Å²) in [6.07, 6.45) is 3.46. The van der Waals surface area contributed by atoms with Gasteiger partial charge in [0.15, 0.2) is 0 Å². The van der Waals surface area contributed by atoms with Crippen LogP contribution in [0.15, 0.2) is 60.7 Å². The van der Waals surface area contributed by atoms with E-state index in [0.717, 1.165) is 17.0 Å². The molecule has 3 heterocycles. The summed E-state index contributed by atoms with van der Waals surface area (Å²) in [5.74, 6) is -0.669. The number of nitrogens with zero attached hydrogens (tertiary/aromatic N) is 1. The van der Waals surface area contributed by atoms with Crippen LogP contribution in [0.3, 0.4) is 0 Å². The summed E-state index contributed by atoms with van der Waals surface area (Å²) in [4.78, 5) is 28.1. The van der Waals surface area contributed by atoms with Crippen molar-refractivity contribution in [3.05, 3.63) is 71.3 Å². The van der Waals surface area contributed by atoms with Crippen molar-refractivity contribution >= 4 is 29.1 Å². The molecule has 0 aromatic heterocycles. The van der Waals surface area contributed by atoms with E-state index < -0.39 is 17.4 Å². The Hall–Kier alpha value is -2.83. The first-order valence-corrected chi connectivity index (χ1v) is 10.2. The van der Waals surface area contributed by atoms with Gasteiger partial charge < -0.3 is 19.7 Å². The minimum Gasteiger partial charge on any atom is -0.497 e. The molecule has 2 aromatic carbocycles. The van der Waals surface area contributed by atoms with E-state index in [2.05, 4.69) is 5.32 Å². The van der Waals surface area contributed by atoms with Crippen LogP contribution in [0.2, 0.25) is 5.02 Å². The van der Waals surface area contributed by atoms with Crippen molar-refractivity contribution in [2.24, 2.45) is 11.8 Å². The third-order valence-electron chi connectivity index (χ3n) is 6.20. The van der Waals surface area contributed by atoms with Crippen LogP contribution in [0.1, 0.15) is 5.56 Å². The minimum atomic E-state index is -0.756. The Kier molecular flexibility index (Phi) is 4.56. The van der Waals surface area contributed by atoms with Gasteiger partial charge in [-0.3, -0.25) is 9.59 Å². The van der Waals surface area contributed by atoms with Crippen molar-refractivity contribution in [2.75, 3.05) is 18.6 Å². The molecule has 1 spiro atoms. The number of nitrogens with one attached hydrogen (secondary N) is 1. The largest absolute Gasteiger partial charge is 0.497 e. The lowest BCUT2D eigenvalue weighted by atomic mass is 9.77. The molecule has 0 aliphatic carbocycles. The summed E-state index contributed by atoms with van der Waals surface area (Å²) in [7, 11) is 1.60. The lowest BCUT2D eigenvalue weighted by Crippen LogP contribution is -2.44. The third-order valence-corrected chi connectivity index (χ3v) is 6.57. The molecule has 2 saturated heterocycles. The first kappa shape index (κ1) is 19.2. The molecule has 3 aliphatic heterocycles. The molecule has 6 nitrogen and oxygen atoms in total. The van der Waals surface area contributed by atoms with Gasteiger partial charge in [0.1, 0.15) is 11.4 Å². The van der Waals surface area contributed by atoms with Gasteiger partial charge in [-0.15, -0.1) is 0 Å². The van der Waals surface area contributed by atoms with Crippen molar-refractivity contribution in [3.8, 4) is 5.75 Å². The number of halogens is 1. The number of amides is 2. The molecule has 0 radical (unpaired) electrons.